The molecule has 0 bridgehead atoms. The van der Waals surface area contributed by atoms with Crippen LogP contribution in [-0.2, 0) is 14.0 Å². The largest absolute Gasteiger partial charge is 0.498 e. The molecule has 0 amide bonds. The van der Waals surface area contributed by atoms with Crippen molar-refractivity contribution in [2.24, 2.45) is 5.92 Å². The summed E-state index contributed by atoms with van der Waals surface area (Å²) in [7, 11) is -0.548. The lowest BCUT2D eigenvalue weighted by Gasteiger charge is -2.39. The molecule has 1 unspecified atom stereocenters. The molecule has 0 N–H and O–H groups in total. The third-order valence-electron chi connectivity index (χ3n) is 4.51. The number of carbonyl (C=O) groups is 1. The summed E-state index contributed by atoms with van der Waals surface area (Å²) in [4.78, 5) is 12.0. The van der Waals surface area contributed by atoms with Crippen LogP contribution in [0.4, 0.5) is 4.79 Å². The summed E-state index contributed by atoms with van der Waals surface area (Å²) in [5, 5.41) is 4.07. The lowest BCUT2D eigenvalue weighted by atomic mass is 9.78. The van der Waals surface area contributed by atoms with Crippen molar-refractivity contribution in [3.8, 4) is 0 Å². The maximum atomic E-state index is 12.0. The van der Waals surface area contributed by atoms with Crippen LogP contribution in [0.3, 0.4) is 0 Å². The van der Waals surface area contributed by atoms with Gasteiger partial charge < -0.3 is 14.0 Å². The topological polar surface area (TPSA) is 62.6 Å². The van der Waals surface area contributed by atoms with Crippen molar-refractivity contribution >= 4 is 18.7 Å². The highest BCUT2D eigenvalue weighted by Crippen LogP contribution is 2.42. The summed E-state index contributed by atoms with van der Waals surface area (Å²) in [5.41, 5.74) is -0.735. The molecule has 1 aliphatic heterocycles. The van der Waals surface area contributed by atoms with Gasteiger partial charge in [0.25, 0.3) is 0 Å². The molecular weight excluding hydrogens is 295 g/mol. The van der Waals surface area contributed by atoms with Crippen molar-refractivity contribution in [3.63, 3.8) is 0 Å². The van der Waals surface area contributed by atoms with Gasteiger partial charge in [-0.05, 0) is 47.5 Å². The Morgan fingerprint density at radius 1 is 1.30 bits per heavy atom. The molecule has 2 heterocycles. The summed E-state index contributed by atoms with van der Waals surface area (Å²) in [5.74, 6) is 0.281. The zero-order chi connectivity index (χ0) is 17.6. The van der Waals surface area contributed by atoms with Crippen LogP contribution in [0, 0.1) is 5.92 Å². The predicted molar refractivity (Wildman–Crippen MR) is 88.7 cm³/mol. The Kier molecular flexibility index (Phi) is 4.41. The van der Waals surface area contributed by atoms with Crippen molar-refractivity contribution in [3.05, 3.63) is 12.4 Å². The van der Waals surface area contributed by atoms with Gasteiger partial charge >= 0.3 is 13.2 Å². The minimum Gasteiger partial charge on any atom is -0.442 e. The van der Waals surface area contributed by atoms with E-state index in [0.29, 0.717) is 5.46 Å². The van der Waals surface area contributed by atoms with Crippen LogP contribution in [0.2, 0.25) is 0 Å². The maximum Gasteiger partial charge on any atom is 0.498 e. The van der Waals surface area contributed by atoms with Crippen LogP contribution in [0.1, 0.15) is 55.4 Å². The minimum absolute atomic E-state index is 0.281. The van der Waals surface area contributed by atoms with Crippen LogP contribution in [0.15, 0.2) is 12.4 Å². The normalized spacial score (nSPS) is 24.3. The molecule has 1 aromatic heterocycles. The average molecular weight is 322 g/mol. The van der Waals surface area contributed by atoms with Gasteiger partial charge in [0, 0.05) is 17.9 Å². The molecule has 23 heavy (non-hydrogen) atoms. The monoisotopic (exact) mass is 322 g/mol. The Morgan fingerprint density at radius 3 is 2.39 bits per heavy atom. The molecule has 0 spiro atoms. The number of ether oxygens (including phenoxy) is 1. The Morgan fingerprint density at radius 2 is 1.91 bits per heavy atom. The van der Waals surface area contributed by atoms with E-state index >= 15 is 0 Å². The first-order valence-corrected chi connectivity index (χ1v) is 7.99. The Bertz CT molecular complexity index is 591. The summed E-state index contributed by atoms with van der Waals surface area (Å²) in [6.07, 6.45) is 2.66. The van der Waals surface area contributed by atoms with Gasteiger partial charge in [-0.15, -0.1) is 0 Å². The van der Waals surface area contributed by atoms with E-state index in [2.05, 4.69) is 25.9 Å². The molecule has 7 heteroatoms. The van der Waals surface area contributed by atoms with Gasteiger partial charge in [0.05, 0.1) is 11.2 Å². The van der Waals surface area contributed by atoms with E-state index in [4.69, 9.17) is 14.0 Å². The van der Waals surface area contributed by atoms with Crippen molar-refractivity contribution in [2.75, 3.05) is 0 Å². The van der Waals surface area contributed by atoms with Crippen LogP contribution in [0.25, 0.3) is 0 Å². The summed E-state index contributed by atoms with van der Waals surface area (Å²) in [6, 6.07) is 0. The molecule has 0 radical (unpaired) electrons. The molecule has 2 rings (SSSR count). The fourth-order valence-electron chi connectivity index (χ4n) is 2.61. The van der Waals surface area contributed by atoms with E-state index in [-0.39, 0.29) is 5.92 Å². The van der Waals surface area contributed by atoms with E-state index in [1.54, 1.807) is 12.4 Å². The van der Waals surface area contributed by atoms with Gasteiger partial charge in [-0.1, -0.05) is 13.8 Å². The van der Waals surface area contributed by atoms with Crippen LogP contribution >= 0.6 is 0 Å². The number of nitrogens with zero attached hydrogens (tertiary/aromatic N) is 2. The van der Waals surface area contributed by atoms with Crippen LogP contribution < -0.4 is 5.46 Å². The number of aromatic nitrogens is 2. The zero-order valence-electron chi connectivity index (χ0n) is 15.3. The van der Waals surface area contributed by atoms with Crippen molar-refractivity contribution < 1.29 is 18.8 Å². The van der Waals surface area contributed by atoms with E-state index in [1.807, 2.05) is 34.6 Å². The first-order chi connectivity index (χ1) is 10.4. The molecule has 0 saturated carbocycles. The smallest absolute Gasteiger partial charge is 0.442 e. The Labute approximate surface area is 138 Å². The van der Waals surface area contributed by atoms with E-state index < -0.39 is 30.0 Å². The molecule has 128 valence electrons. The van der Waals surface area contributed by atoms with E-state index in [1.165, 1.54) is 4.68 Å². The lowest BCUT2D eigenvalue weighted by Crippen LogP contribution is -2.48. The highest BCUT2D eigenvalue weighted by Gasteiger charge is 2.56. The second-order valence-electron chi connectivity index (χ2n) is 8.04. The van der Waals surface area contributed by atoms with Crippen molar-refractivity contribution in [1.29, 1.82) is 0 Å². The fourth-order valence-corrected chi connectivity index (χ4v) is 2.61. The second kappa shape index (κ2) is 5.63. The SMILES string of the molecule is CC(C)C1(C)OB(c2cnn(C(=O)OC(C)(C)C)c2)OC1(C)C. The Balaban J connectivity index is 2.18. The quantitative estimate of drug-likeness (QED) is 0.783. The van der Waals surface area contributed by atoms with Crippen molar-refractivity contribution in [1.82, 2.24) is 9.78 Å². The van der Waals surface area contributed by atoms with Gasteiger partial charge in [-0.2, -0.15) is 9.78 Å². The van der Waals surface area contributed by atoms with Crippen molar-refractivity contribution in [2.45, 2.75) is 72.2 Å². The van der Waals surface area contributed by atoms with Gasteiger partial charge in [0.15, 0.2) is 0 Å². The first-order valence-electron chi connectivity index (χ1n) is 7.99. The summed E-state index contributed by atoms with van der Waals surface area (Å²) in [6.45, 7) is 15.8. The van der Waals surface area contributed by atoms with Gasteiger partial charge in [0.2, 0.25) is 0 Å². The number of hydrogen-bond donors (Lipinski definition) is 0. The highest BCUT2D eigenvalue weighted by molar-refractivity contribution is 6.62. The molecular formula is C16H27BN2O4. The fraction of sp³-hybridized carbons (Fsp3) is 0.750. The number of carbonyl (C=O) groups excluding carboxylic acids is 1. The molecule has 1 aliphatic rings. The van der Waals surface area contributed by atoms with E-state index in [0.717, 1.165) is 0 Å². The predicted octanol–water partition coefficient (Wildman–Crippen LogP) is 2.60. The second-order valence-corrected chi connectivity index (χ2v) is 8.04. The Hall–Kier alpha value is -1.34. The van der Waals surface area contributed by atoms with Gasteiger partial charge in [-0.25, -0.2) is 4.79 Å². The van der Waals surface area contributed by atoms with Gasteiger partial charge in [-0.3, -0.25) is 0 Å². The molecule has 1 saturated heterocycles. The third kappa shape index (κ3) is 3.45. The van der Waals surface area contributed by atoms with E-state index in [9.17, 15) is 4.79 Å². The third-order valence-corrected chi connectivity index (χ3v) is 4.51. The summed E-state index contributed by atoms with van der Waals surface area (Å²) >= 11 is 0. The maximum absolute atomic E-state index is 12.0. The zero-order valence-corrected chi connectivity index (χ0v) is 15.3. The summed E-state index contributed by atoms with van der Waals surface area (Å²) < 4.78 is 18.7. The van der Waals surface area contributed by atoms with Crippen LogP contribution in [-0.4, -0.2) is 39.8 Å². The van der Waals surface area contributed by atoms with Crippen LogP contribution in [0.5, 0.6) is 0 Å². The lowest BCUT2D eigenvalue weighted by molar-refractivity contribution is -0.0435. The minimum atomic E-state index is -0.568. The standard InChI is InChI=1S/C16H27BN2O4/c1-11(2)16(8)15(6,7)22-17(23-16)12-9-18-19(10-12)13(20)21-14(3,4)5/h9-11H,1-8H3. The molecule has 6 nitrogen and oxygen atoms in total. The average Bonchev–Trinajstić information content (AvgIpc) is 2.92. The molecule has 0 aliphatic carbocycles. The molecule has 1 atom stereocenters. The van der Waals surface area contributed by atoms with Gasteiger partial charge in [0.1, 0.15) is 5.60 Å². The molecule has 1 fully saturated rings. The molecule has 0 aromatic carbocycles. The highest BCUT2D eigenvalue weighted by atomic mass is 16.7. The number of rotatable bonds is 2. The number of hydrogen-bond acceptors (Lipinski definition) is 5. The first kappa shape index (κ1) is 18.0. The molecule has 1 aromatic rings.